The number of H-pyrrole nitrogens is 1. The fraction of sp³-hybridized carbons (Fsp3) is 0.100. The van der Waals surface area contributed by atoms with Crippen LogP contribution in [0.25, 0.3) is 11.3 Å². The molecule has 0 unspecified atom stereocenters. The van der Waals surface area contributed by atoms with Crippen LogP contribution in [0.3, 0.4) is 0 Å². The van der Waals surface area contributed by atoms with Crippen molar-refractivity contribution >= 4 is 0 Å². The molecule has 1 aromatic carbocycles. The second-order valence-electron chi connectivity index (χ2n) is 2.93. The number of phenols is 1. The van der Waals surface area contributed by atoms with Crippen molar-refractivity contribution in [1.82, 2.24) is 9.97 Å². The zero-order valence-corrected chi connectivity index (χ0v) is 7.28. The monoisotopic (exact) mass is 174 g/mol. The van der Waals surface area contributed by atoms with Crippen LogP contribution in [0.5, 0.6) is 5.75 Å². The van der Waals surface area contributed by atoms with Crippen LogP contribution in [0, 0.1) is 6.92 Å². The number of imidazole rings is 1. The number of nitrogens with zero attached hydrogens (tertiary/aromatic N) is 1. The lowest BCUT2D eigenvalue weighted by molar-refractivity contribution is 0.475. The number of aromatic hydroxyl groups is 1. The van der Waals surface area contributed by atoms with Crippen molar-refractivity contribution in [1.29, 1.82) is 0 Å². The minimum atomic E-state index is 0.268. The molecule has 0 saturated carbocycles. The van der Waals surface area contributed by atoms with E-state index in [9.17, 15) is 5.11 Å². The summed E-state index contributed by atoms with van der Waals surface area (Å²) in [7, 11) is 0. The van der Waals surface area contributed by atoms with E-state index in [2.05, 4.69) is 9.97 Å². The topological polar surface area (TPSA) is 48.9 Å². The van der Waals surface area contributed by atoms with Crippen molar-refractivity contribution in [2.75, 3.05) is 0 Å². The highest BCUT2D eigenvalue weighted by molar-refractivity contribution is 5.60. The van der Waals surface area contributed by atoms with E-state index in [0.717, 1.165) is 17.1 Å². The second-order valence-corrected chi connectivity index (χ2v) is 2.93. The van der Waals surface area contributed by atoms with Crippen molar-refractivity contribution in [3.63, 3.8) is 0 Å². The van der Waals surface area contributed by atoms with Gasteiger partial charge in [-0.15, -0.1) is 0 Å². The maximum Gasteiger partial charge on any atom is 0.116 e. The average Bonchev–Trinajstić information content (AvgIpc) is 2.52. The number of hydrogen-bond donors (Lipinski definition) is 2. The number of benzene rings is 1. The van der Waals surface area contributed by atoms with Crippen LogP contribution in [0.1, 0.15) is 5.82 Å². The molecule has 2 rings (SSSR count). The molecule has 2 aromatic rings. The van der Waals surface area contributed by atoms with Gasteiger partial charge in [-0.25, -0.2) is 4.98 Å². The molecule has 0 saturated heterocycles. The molecule has 0 bridgehead atoms. The van der Waals surface area contributed by atoms with Crippen LogP contribution in [0.2, 0.25) is 0 Å². The average molecular weight is 174 g/mol. The SMILES string of the molecule is Cc1ncc(-c2cccc(O)c2)[nH]1. The predicted molar refractivity (Wildman–Crippen MR) is 50.4 cm³/mol. The quantitative estimate of drug-likeness (QED) is 0.695. The van der Waals surface area contributed by atoms with Gasteiger partial charge in [0.15, 0.2) is 0 Å². The Labute approximate surface area is 76.1 Å². The van der Waals surface area contributed by atoms with Gasteiger partial charge < -0.3 is 10.1 Å². The van der Waals surface area contributed by atoms with Gasteiger partial charge >= 0.3 is 0 Å². The fourth-order valence-corrected chi connectivity index (χ4v) is 1.24. The smallest absolute Gasteiger partial charge is 0.116 e. The molecule has 1 heterocycles. The first kappa shape index (κ1) is 7.86. The first-order valence-electron chi connectivity index (χ1n) is 4.07. The van der Waals surface area contributed by atoms with Crippen molar-refractivity contribution in [3.8, 4) is 17.0 Å². The number of aryl methyl sites for hydroxylation is 1. The zero-order valence-electron chi connectivity index (χ0n) is 7.28. The summed E-state index contributed by atoms with van der Waals surface area (Å²) in [5.74, 6) is 1.14. The van der Waals surface area contributed by atoms with Crippen molar-refractivity contribution in [2.24, 2.45) is 0 Å². The molecule has 0 aliphatic rings. The Bertz CT molecular complexity index is 420. The summed E-state index contributed by atoms with van der Waals surface area (Å²) in [5.41, 5.74) is 1.87. The molecule has 66 valence electrons. The van der Waals surface area contributed by atoms with E-state index < -0.39 is 0 Å². The third-order valence-corrected chi connectivity index (χ3v) is 1.86. The molecule has 0 atom stereocenters. The molecule has 0 aliphatic carbocycles. The van der Waals surface area contributed by atoms with Crippen LogP contribution in [-0.4, -0.2) is 15.1 Å². The van der Waals surface area contributed by atoms with Gasteiger partial charge in [0, 0.05) is 5.56 Å². The van der Waals surface area contributed by atoms with Crippen LogP contribution < -0.4 is 0 Å². The molecule has 0 aliphatic heterocycles. The van der Waals surface area contributed by atoms with Gasteiger partial charge in [-0.05, 0) is 19.1 Å². The summed E-state index contributed by atoms with van der Waals surface area (Å²) in [4.78, 5) is 7.18. The van der Waals surface area contributed by atoms with Gasteiger partial charge in [-0.1, -0.05) is 12.1 Å². The van der Waals surface area contributed by atoms with E-state index in [1.54, 1.807) is 24.4 Å². The minimum absolute atomic E-state index is 0.268. The Morgan fingerprint density at radius 3 is 2.85 bits per heavy atom. The van der Waals surface area contributed by atoms with Gasteiger partial charge in [0.2, 0.25) is 0 Å². The normalized spacial score (nSPS) is 10.2. The number of rotatable bonds is 1. The van der Waals surface area contributed by atoms with Crippen molar-refractivity contribution in [2.45, 2.75) is 6.92 Å². The van der Waals surface area contributed by atoms with E-state index in [4.69, 9.17) is 0 Å². The first-order chi connectivity index (χ1) is 6.25. The number of hydrogen-bond acceptors (Lipinski definition) is 2. The molecule has 13 heavy (non-hydrogen) atoms. The summed E-state index contributed by atoms with van der Waals surface area (Å²) < 4.78 is 0. The summed E-state index contributed by atoms with van der Waals surface area (Å²) in [6, 6.07) is 7.08. The standard InChI is InChI=1S/C10H10N2O/c1-7-11-6-10(12-7)8-3-2-4-9(13)5-8/h2-6,13H,1H3,(H,11,12). The van der Waals surface area contributed by atoms with Crippen LogP contribution >= 0.6 is 0 Å². The lowest BCUT2D eigenvalue weighted by Crippen LogP contribution is -1.77. The fourth-order valence-electron chi connectivity index (χ4n) is 1.24. The maximum absolute atomic E-state index is 9.25. The Hall–Kier alpha value is -1.77. The lowest BCUT2D eigenvalue weighted by atomic mass is 10.2. The van der Waals surface area contributed by atoms with E-state index in [-0.39, 0.29) is 5.75 Å². The first-order valence-corrected chi connectivity index (χ1v) is 4.07. The van der Waals surface area contributed by atoms with E-state index in [0.29, 0.717) is 0 Å². The molecule has 0 fully saturated rings. The van der Waals surface area contributed by atoms with Crippen molar-refractivity contribution in [3.05, 3.63) is 36.3 Å². The summed E-state index contributed by atoms with van der Waals surface area (Å²) in [6.45, 7) is 1.90. The highest BCUT2D eigenvalue weighted by Crippen LogP contribution is 2.20. The van der Waals surface area contributed by atoms with Crippen LogP contribution in [-0.2, 0) is 0 Å². The third kappa shape index (κ3) is 1.54. The minimum Gasteiger partial charge on any atom is -0.508 e. The van der Waals surface area contributed by atoms with E-state index >= 15 is 0 Å². The number of nitrogens with one attached hydrogen (secondary N) is 1. The van der Waals surface area contributed by atoms with Gasteiger partial charge in [0.05, 0.1) is 11.9 Å². The maximum atomic E-state index is 9.25. The molecule has 0 spiro atoms. The Kier molecular flexibility index (Phi) is 1.77. The van der Waals surface area contributed by atoms with Gasteiger partial charge in [0.1, 0.15) is 11.6 Å². The number of aromatic nitrogens is 2. The molecule has 0 amide bonds. The Morgan fingerprint density at radius 1 is 1.38 bits per heavy atom. The van der Waals surface area contributed by atoms with Gasteiger partial charge in [-0.2, -0.15) is 0 Å². The Balaban J connectivity index is 2.46. The highest BCUT2D eigenvalue weighted by atomic mass is 16.3. The van der Waals surface area contributed by atoms with Gasteiger partial charge in [-0.3, -0.25) is 0 Å². The summed E-state index contributed by atoms with van der Waals surface area (Å²) in [5, 5.41) is 9.25. The molecular weight excluding hydrogens is 164 g/mol. The number of aromatic amines is 1. The van der Waals surface area contributed by atoms with Crippen LogP contribution in [0.15, 0.2) is 30.5 Å². The summed E-state index contributed by atoms with van der Waals surface area (Å²) >= 11 is 0. The molecule has 3 nitrogen and oxygen atoms in total. The summed E-state index contributed by atoms with van der Waals surface area (Å²) in [6.07, 6.45) is 1.75. The predicted octanol–water partition coefficient (Wildman–Crippen LogP) is 2.09. The third-order valence-electron chi connectivity index (χ3n) is 1.86. The van der Waals surface area contributed by atoms with E-state index in [1.165, 1.54) is 0 Å². The largest absolute Gasteiger partial charge is 0.508 e. The van der Waals surface area contributed by atoms with Crippen LogP contribution in [0.4, 0.5) is 0 Å². The molecule has 0 radical (unpaired) electrons. The van der Waals surface area contributed by atoms with E-state index in [1.807, 2.05) is 13.0 Å². The number of phenolic OH excluding ortho intramolecular Hbond substituents is 1. The molecule has 2 N–H and O–H groups in total. The Morgan fingerprint density at radius 2 is 2.23 bits per heavy atom. The lowest BCUT2D eigenvalue weighted by Gasteiger charge is -1.97. The second kappa shape index (κ2) is 2.94. The highest BCUT2D eigenvalue weighted by Gasteiger charge is 2.00. The molecule has 1 aromatic heterocycles. The zero-order chi connectivity index (χ0) is 9.26. The molecule has 3 heteroatoms. The van der Waals surface area contributed by atoms with Crippen molar-refractivity contribution < 1.29 is 5.11 Å². The molecular formula is C10H10N2O. The van der Waals surface area contributed by atoms with Gasteiger partial charge in [0.25, 0.3) is 0 Å².